The van der Waals surface area contributed by atoms with Crippen LogP contribution in [0.4, 0.5) is 0 Å². The molecular weight excluding hydrogens is 681 g/mol. The normalized spacial score (nSPS) is 16.7. The Balaban J connectivity index is 1.91. The Morgan fingerprint density at radius 2 is 0.375 bits per heavy atom. The van der Waals surface area contributed by atoms with Gasteiger partial charge in [0.25, 0.3) is 0 Å². The number of hydrogen-bond donors (Lipinski definition) is 4. The Labute approximate surface area is 344 Å². The van der Waals surface area contributed by atoms with Crippen molar-refractivity contribution in [2.45, 2.75) is 231 Å². The van der Waals surface area contributed by atoms with Crippen LogP contribution in [0.5, 0.6) is 0 Å². The Bertz CT molecular complexity index is 1330. The van der Waals surface area contributed by atoms with Crippen LogP contribution in [0, 0.1) is 0 Å². The van der Waals surface area contributed by atoms with Crippen molar-refractivity contribution in [3.63, 3.8) is 0 Å². The number of hydrogen-bond acceptors (Lipinski definition) is 0. The Hall–Kier alpha value is -2.88. The number of aromatic amines is 4. The molecule has 56 heavy (non-hydrogen) atoms. The molecule has 4 N–H and O–H groups in total. The summed E-state index contributed by atoms with van der Waals surface area (Å²) in [6.07, 6.45) is 28.7. The molecule has 0 unspecified atom stereocenters. The first-order valence-electron chi connectivity index (χ1n) is 24.1. The van der Waals surface area contributed by atoms with Crippen LogP contribution in [-0.4, -0.2) is 19.9 Å². The lowest BCUT2D eigenvalue weighted by Crippen LogP contribution is -2.34. The summed E-state index contributed by atoms with van der Waals surface area (Å²) in [4.78, 5) is 17.4. The highest BCUT2D eigenvalue weighted by molar-refractivity contribution is 5.45. The maximum Gasteiger partial charge on any atom is 0.0503 e. The molecular formula is C52H84N4. The van der Waals surface area contributed by atoms with Crippen LogP contribution in [0.2, 0.25) is 0 Å². The Morgan fingerprint density at radius 1 is 0.250 bits per heavy atom. The van der Waals surface area contributed by atoms with E-state index in [1.807, 2.05) is 0 Å². The number of H-pyrrole nitrogens is 4. The second kappa shape index (κ2) is 20.7. The lowest BCUT2D eigenvalue weighted by atomic mass is 9.72. The van der Waals surface area contributed by atoms with Crippen molar-refractivity contribution in [2.24, 2.45) is 0 Å². The standard InChI is InChI=1S/C52H84N4/c1-9-17-33-49(34-18-10-2)41-25-27-43(53-41)50(35-19-11-3,36-20-12-4)45-29-31-47(55-45)52(39-23-15-7,40-24-16-8)48-32-30-46(56-48)51(37-21-13-5,38-22-14-6)44-28-26-42(49)54-44/h25-32,53-56H,9-24,33-40H2,1-8H3. The molecule has 0 radical (unpaired) electrons. The fourth-order valence-electron chi connectivity index (χ4n) is 10.9. The molecule has 5 heterocycles. The van der Waals surface area contributed by atoms with E-state index in [2.05, 4.69) is 124 Å². The van der Waals surface area contributed by atoms with Gasteiger partial charge in [-0.15, -0.1) is 0 Å². The summed E-state index contributed by atoms with van der Waals surface area (Å²) < 4.78 is 0. The van der Waals surface area contributed by atoms with Crippen LogP contribution >= 0.6 is 0 Å². The molecule has 0 saturated carbocycles. The molecule has 5 rings (SSSR count). The van der Waals surface area contributed by atoms with Crippen molar-refractivity contribution in [1.82, 2.24) is 19.9 Å². The van der Waals surface area contributed by atoms with Gasteiger partial charge in [0.1, 0.15) is 0 Å². The van der Waals surface area contributed by atoms with E-state index in [-0.39, 0.29) is 21.7 Å². The SMILES string of the molecule is CCCCC1(CCCC)c2ccc([nH]2)C(CCCC)(CCCC)c2ccc([nH]2)C(CCCC)(CCCC)c2ccc([nH]2)C(CCCC)(CCCC)c2ccc1[nH]2. The van der Waals surface area contributed by atoms with Crippen LogP contribution in [0.15, 0.2) is 48.5 Å². The summed E-state index contributed by atoms with van der Waals surface area (Å²) in [7, 11) is 0. The first kappa shape index (κ1) is 44.2. The third kappa shape index (κ3) is 8.75. The molecule has 4 nitrogen and oxygen atoms in total. The monoisotopic (exact) mass is 765 g/mol. The summed E-state index contributed by atoms with van der Waals surface area (Å²) in [5, 5.41) is 0. The van der Waals surface area contributed by atoms with Crippen LogP contribution in [0.25, 0.3) is 0 Å². The summed E-state index contributed by atoms with van der Waals surface area (Å²) in [6, 6.07) is 20.2. The predicted octanol–water partition coefficient (Wildman–Crippen LogP) is 16.0. The lowest BCUT2D eigenvalue weighted by molar-refractivity contribution is 0.358. The molecule has 0 atom stereocenters. The zero-order valence-corrected chi connectivity index (χ0v) is 37.6. The zero-order chi connectivity index (χ0) is 40.1. The Morgan fingerprint density at radius 3 is 0.482 bits per heavy atom. The molecule has 0 aliphatic carbocycles. The largest absolute Gasteiger partial charge is 0.361 e. The number of unbranched alkanes of at least 4 members (excludes halogenated alkanes) is 8. The van der Waals surface area contributed by atoms with Crippen molar-refractivity contribution in [2.75, 3.05) is 0 Å². The van der Waals surface area contributed by atoms with Gasteiger partial charge in [0.15, 0.2) is 0 Å². The van der Waals surface area contributed by atoms with Gasteiger partial charge in [0.05, 0.1) is 21.7 Å². The molecule has 0 saturated heterocycles. The molecule has 1 aliphatic heterocycles. The minimum atomic E-state index is -0.0840. The van der Waals surface area contributed by atoms with Gasteiger partial charge in [0, 0.05) is 45.6 Å². The molecule has 4 aromatic rings. The quantitative estimate of drug-likeness (QED) is 0.0549. The van der Waals surface area contributed by atoms with Gasteiger partial charge in [-0.1, -0.05) is 158 Å². The van der Waals surface area contributed by atoms with Crippen LogP contribution in [0.1, 0.15) is 255 Å². The number of rotatable bonds is 24. The van der Waals surface area contributed by atoms with Crippen molar-refractivity contribution in [3.05, 3.63) is 94.1 Å². The maximum atomic E-state index is 4.34. The first-order chi connectivity index (χ1) is 27.3. The summed E-state index contributed by atoms with van der Waals surface area (Å²) in [6.45, 7) is 19.0. The van der Waals surface area contributed by atoms with E-state index < -0.39 is 0 Å². The van der Waals surface area contributed by atoms with E-state index in [1.165, 1.54) is 148 Å². The van der Waals surface area contributed by atoms with E-state index in [9.17, 15) is 0 Å². The first-order valence-corrected chi connectivity index (χ1v) is 24.1. The smallest absolute Gasteiger partial charge is 0.0503 e. The van der Waals surface area contributed by atoms with Gasteiger partial charge in [-0.05, 0) is 99.9 Å². The summed E-state index contributed by atoms with van der Waals surface area (Å²) in [5.41, 5.74) is 11.1. The molecule has 0 fully saturated rings. The highest BCUT2D eigenvalue weighted by atomic mass is 14.9. The van der Waals surface area contributed by atoms with Crippen LogP contribution < -0.4 is 0 Å². The molecule has 0 aromatic carbocycles. The van der Waals surface area contributed by atoms with E-state index in [0.29, 0.717) is 0 Å². The highest BCUT2D eigenvalue weighted by Crippen LogP contribution is 2.50. The molecule has 1 aliphatic rings. The maximum absolute atomic E-state index is 4.34. The van der Waals surface area contributed by atoms with Gasteiger partial charge in [-0.2, -0.15) is 0 Å². The van der Waals surface area contributed by atoms with Crippen molar-refractivity contribution in [1.29, 1.82) is 0 Å². The third-order valence-corrected chi connectivity index (χ3v) is 14.5. The minimum Gasteiger partial charge on any atom is -0.361 e. The average Bonchev–Trinajstić information content (AvgIpc) is 4.07. The van der Waals surface area contributed by atoms with E-state index in [1.54, 1.807) is 0 Å². The lowest BCUT2D eigenvalue weighted by Gasteiger charge is -2.38. The average molecular weight is 765 g/mol. The topological polar surface area (TPSA) is 63.2 Å². The van der Waals surface area contributed by atoms with Crippen molar-refractivity contribution >= 4 is 0 Å². The fourth-order valence-corrected chi connectivity index (χ4v) is 10.9. The zero-order valence-electron chi connectivity index (χ0n) is 37.6. The molecule has 0 spiro atoms. The molecule has 312 valence electrons. The predicted molar refractivity (Wildman–Crippen MR) is 242 cm³/mol. The number of aromatic nitrogens is 4. The van der Waals surface area contributed by atoms with Crippen LogP contribution in [-0.2, 0) is 21.7 Å². The summed E-state index contributed by atoms with van der Waals surface area (Å²) in [5.74, 6) is 0. The van der Waals surface area contributed by atoms with Crippen molar-refractivity contribution < 1.29 is 0 Å². The van der Waals surface area contributed by atoms with Gasteiger partial charge in [0.2, 0.25) is 0 Å². The molecule has 8 bridgehead atoms. The molecule has 4 heteroatoms. The molecule has 4 aromatic heterocycles. The molecule has 0 amide bonds. The highest BCUT2D eigenvalue weighted by Gasteiger charge is 2.45. The minimum absolute atomic E-state index is 0.0840. The van der Waals surface area contributed by atoms with Crippen molar-refractivity contribution in [3.8, 4) is 0 Å². The van der Waals surface area contributed by atoms with Gasteiger partial charge >= 0.3 is 0 Å². The fraction of sp³-hybridized carbons (Fsp3) is 0.692. The van der Waals surface area contributed by atoms with Gasteiger partial charge in [-0.3, -0.25) is 0 Å². The second-order valence-corrected chi connectivity index (χ2v) is 18.3. The third-order valence-electron chi connectivity index (χ3n) is 14.5. The number of fused-ring (bicyclic) bond motifs is 8. The van der Waals surface area contributed by atoms with Gasteiger partial charge in [-0.25, -0.2) is 0 Å². The van der Waals surface area contributed by atoms with Crippen LogP contribution in [0.3, 0.4) is 0 Å². The Kier molecular flexibility index (Phi) is 16.3. The van der Waals surface area contributed by atoms with Gasteiger partial charge < -0.3 is 19.9 Å². The number of nitrogens with one attached hydrogen (secondary N) is 4. The van der Waals surface area contributed by atoms with E-state index in [0.717, 1.165) is 51.4 Å². The second-order valence-electron chi connectivity index (χ2n) is 18.3. The summed E-state index contributed by atoms with van der Waals surface area (Å²) >= 11 is 0. The van der Waals surface area contributed by atoms with E-state index in [4.69, 9.17) is 0 Å². The van der Waals surface area contributed by atoms with E-state index >= 15 is 0 Å².